The van der Waals surface area contributed by atoms with Crippen LogP contribution in [0.1, 0.15) is 46.8 Å². The zero-order chi connectivity index (χ0) is 35.0. The number of anilines is 2. The topological polar surface area (TPSA) is 140 Å². The smallest absolute Gasteiger partial charge is 0.339 e. The molecule has 0 bridgehead atoms. The normalized spacial score (nSPS) is 13.5. The van der Waals surface area contributed by atoms with Gasteiger partial charge in [-0.15, -0.1) is 0 Å². The van der Waals surface area contributed by atoms with Crippen molar-refractivity contribution >= 4 is 85.7 Å². The number of nitrogens with zero attached hydrogens (tertiary/aromatic N) is 1. The molecular formula is C34H33BrClN3O8S. The van der Waals surface area contributed by atoms with Gasteiger partial charge in [0.15, 0.2) is 18.1 Å². The predicted octanol–water partition coefficient (Wildman–Crippen LogP) is 7.38. The molecule has 3 aromatic rings. The zero-order valence-electron chi connectivity index (χ0n) is 26.6. The first kappa shape index (κ1) is 36.5. The fourth-order valence-corrected chi connectivity index (χ4v) is 5.89. The van der Waals surface area contributed by atoms with Gasteiger partial charge in [-0.3, -0.25) is 24.1 Å². The molecule has 0 radical (unpaired) electrons. The second-order valence-corrected chi connectivity index (χ2v) is 12.8. The van der Waals surface area contributed by atoms with Crippen molar-refractivity contribution in [1.29, 1.82) is 0 Å². The molecule has 4 rings (SSSR count). The number of hydrogen-bond acceptors (Lipinski definition) is 9. The Morgan fingerprint density at radius 2 is 1.75 bits per heavy atom. The molecule has 3 aromatic carbocycles. The Morgan fingerprint density at radius 3 is 2.48 bits per heavy atom. The standard InChI is InChI=1S/C34H33BrClN3O8S/c1-5-6-13-46-33(43)23-16-22(8-10-25(23)36)37-30(40)17-39-32(42)29(48-34(39)44)15-21-7-12-27(28(14-21)45-4)47-18-31(41)38-26-11-9-24(35)19(2)20(26)3/h7-12,14-16H,5-6,13,17-18H2,1-4H3,(H,37,40)(H,38,41)/b29-15+. The number of esters is 1. The van der Waals surface area contributed by atoms with Gasteiger partial charge in [-0.2, -0.15) is 0 Å². The molecule has 0 aromatic heterocycles. The third-order valence-electron chi connectivity index (χ3n) is 7.22. The summed E-state index contributed by atoms with van der Waals surface area (Å²) in [6, 6.07) is 12.8. The summed E-state index contributed by atoms with van der Waals surface area (Å²) in [6.07, 6.45) is 3.05. The molecule has 252 valence electrons. The number of carbonyl (C=O) groups excluding carboxylic acids is 5. The second-order valence-electron chi connectivity index (χ2n) is 10.6. The van der Waals surface area contributed by atoms with Crippen molar-refractivity contribution in [2.75, 3.05) is 37.5 Å². The van der Waals surface area contributed by atoms with Crippen molar-refractivity contribution in [2.24, 2.45) is 0 Å². The van der Waals surface area contributed by atoms with Crippen LogP contribution < -0.4 is 20.1 Å². The summed E-state index contributed by atoms with van der Waals surface area (Å²) in [7, 11) is 1.44. The largest absolute Gasteiger partial charge is 0.493 e. The van der Waals surface area contributed by atoms with Crippen LogP contribution in [-0.2, 0) is 19.1 Å². The van der Waals surface area contributed by atoms with E-state index < -0.39 is 29.6 Å². The van der Waals surface area contributed by atoms with Gasteiger partial charge in [0.05, 0.1) is 29.2 Å². The van der Waals surface area contributed by atoms with Crippen LogP contribution in [0.4, 0.5) is 16.2 Å². The van der Waals surface area contributed by atoms with Crippen LogP contribution in [0, 0.1) is 13.8 Å². The van der Waals surface area contributed by atoms with Crippen molar-refractivity contribution in [3.8, 4) is 11.5 Å². The first-order valence-electron chi connectivity index (χ1n) is 14.8. The highest BCUT2D eigenvalue weighted by Crippen LogP contribution is 2.35. The molecule has 0 saturated carbocycles. The number of ether oxygens (including phenoxy) is 3. The highest BCUT2D eigenvalue weighted by atomic mass is 79.9. The van der Waals surface area contributed by atoms with Gasteiger partial charge in [-0.05, 0) is 97.3 Å². The van der Waals surface area contributed by atoms with Gasteiger partial charge in [-0.1, -0.05) is 46.9 Å². The number of halogens is 2. The van der Waals surface area contributed by atoms with Crippen LogP contribution in [0.25, 0.3) is 6.08 Å². The number of methoxy groups -OCH3 is 1. The predicted molar refractivity (Wildman–Crippen MR) is 189 cm³/mol. The zero-order valence-corrected chi connectivity index (χ0v) is 29.8. The summed E-state index contributed by atoms with van der Waals surface area (Å²) in [6.45, 7) is 5.25. The van der Waals surface area contributed by atoms with Crippen LogP contribution in [0.2, 0.25) is 5.02 Å². The molecule has 0 atom stereocenters. The summed E-state index contributed by atoms with van der Waals surface area (Å²) >= 11 is 10.3. The molecule has 1 saturated heterocycles. The Kier molecular flexibility index (Phi) is 12.7. The molecule has 4 amide bonds. The van der Waals surface area contributed by atoms with E-state index in [1.165, 1.54) is 31.4 Å². The van der Waals surface area contributed by atoms with Gasteiger partial charge in [0.2, 0.25) is 5.91 Å². The Hall–Kier alpha value is -4.33. The van der Waals surface area contributed by atoms with Crippen molar-refractivity contribution in [1.82, 2.24) is 4.90 Å². The number of nitrogens with one attached hydrogen (secondary N) is 2. The number of thioether (sulfide) groups is 1. The van der Waals surface area contributed by atoms with E-state index in [2.05, 4.69) is 26.6 Å². The first-order valence-corrected chi connectivity index (χ1v) is 16.8. The molecule has 0 spiro atoms. The average molecular weight is 759 g/mol. The molecular weight excluding hydrogens is 726 g/mol. The van der Waals surface area contributed by atoms with Gasteiger partial charge in [0.25, 0.3) is 17.1 Å². The quantitative estimate of drug-likeness (QED) is 0.104. The Morgan fingerprint density at radius 1 is 0.979 bits per heavy atom. The van der Waals surface area contributed by atoms with Gasteiger partial charge >= 0.3 is 5.97 Å². The number of imide groups is 1. The molecule has 0 unspecified atom stereocenters. The Bertz CT molecular complexity index is 1800. The Balaban J connectivity index is 1.37. The third-order valence-corrected chi connectivity index (χ3v) is 9.31. The van der Waals surface area contributed by atoms with E-state index in [1.807, 2.05) is 26.8 Å². The minimum Gasteiger partial charge on any atom is -0.493 e. The molecule has 1 aliphatic heterocycles. The minimum absolute atomic E-state index is 0.0839. The number of carbonyl (C=O) groups is 5. The lowest BCUT2D eigenvalue weighted by Crippen LogP contribution is -2.36. The van der Waals surface area contributed by atoms with Crippen LogP contribution in [0.15, 0.2) is 57.9 Å². The maximum absolute atomic E-state index is 13.1. The van der Waals surface area contributed by atoms with E-state index in [0.29, 0.717) is 40.9 Å². The summed E-state index contributed by atoms with van der Waals surface area (Å²) < 4.78 is 17.3. The SMILES string of the molecule is CCCCOC(=O)c1cc(NC(=O)CN2C(=O)S/C(=C/c3ccc(OCC(=O)Nc4ccc(Br)c(C)c4C)c(OC)c3)C2=O)ccc1Cl. The molecule has 1 aliphatic rings. The molecule has 1 heterocycles. The molecule has 14 heteroatoms. The third kappa shape index (κ3) is 9.18. The molecule has 1 fully saturated rings. The molecule has 0 aliphatic carbocycles. The van der Waals surface area contributed by atoms with Crippen LogP contribution in [0.5, 0.6) is 11.5 Å². The highest BCUT2D eigenvalue weighted by molar-refractivity contribution is 9.10. The molecule has 48 heavy (non-hydrogen) atoms. The van der Waals surface area contributed by atoms with E-state index >= 15 is 0 Å². The number of amides is 4. The van der Waals surface area contributed by atoms with Gasteiger partial charge in [0.1, 0.15) is 6.54 Å². The van der Waals surface area contributed by atoms with Crippen LogP contribution in [0.3, 0.4) is 0 Å². The molecule has 2 N–H and O–H groups in total. The fraction of sp³-hybridized carbons (Fsp3) is 0.265. The number of benzene rings is 3. The van der Waals surface area contributed by atoms with Crippen LogP contribution in [-0.4, -0.2) is 60.7 Å². The van der Waals surface area contributed by atoms with Crippen molar-refractivity contribution in [2.45, 2.75) is 33.6 Å². The van der Waals surface area contributed by atoms with E-state index in [4.69, 9.17) is 25.8 Å². The fourth-order valence-electron chi connectivity index (χ4n) is 4.42. The maximum atomic E-state index is 13.1. The van der Waals surface area contributed by atoms with E-state index in [1.54, 1.807) is 24.3 Å². The van der Waals surface area contributed by atoms with E-state index in [0.717, 1.165) is 26.9 Å². The highest BCUT2D eigenvalue weighted by Gasteiger charge is 2.36. The maximum Gasteiger partial charge on any atom is 0.339 e. The Labute approximate surface area is 295 Å². The number of hydrogen-bond donors (Lipinski definition) is 2. The summed E-state index contributed by atoms with van der Waals surface area (Å²) in [5.74, 6) is -1.66. The lowest BCUT2D eigenvalue weighted by Gasteiger charge is -2.14. The minimum atomic E-state index is -0.649. The summed E-state index contributed by atoms with van der Waals surface area (Å²) in [4.78, 5) is 64.4. The van der Waals surface area contributed by atoms with Crippen LogP contribution >= 0.6 is 39.3 Å². The van der Waals surface area contributed by atoms with Gasteiger partial charge in [0, 0.05) is 15.8 Å². The van der Waals surface area contributed by atoms with Crippen molar-refractivity contribution in [3.63, 3.8) is 0 Å². The molecule has 11 nitrogen and oxygen atoms in total. The summed E-state index contributed by atoms with van der Waals surface area (Å²) in [5.41, 5.74) is 3.49. The average Bonchev–Trinajstić information content (AvgIpc) is 3.32. The van der Waals surface area contributed by atoms with Gasteiger partial charge in [-0.25, -0.2) is 4.79 Å². The lowest BCUT2D eigenvalue weighted by molar-refractivity contribution is -0.127. The van der Waals surface area contributed by atoms with Crippen molar-refractivity contribution < 1.29 is 38.2 Å². The lowest BCUT2D eigenvalue weighted by atomic mass is 10.1. The summed E-state index contributed by atoms with van der Waals surface area (Å²) in [5, 5.41) is 4.97. The number of unbranched alkanes of at least 4 members (excludes halogenated alkanes) is 1. The van der Waals surface area contributed by atoms with E-state index in [9.17, 15) is 24.0 Å². The first-order chi connectivity index (χ1) is 22.9. The van der Waals surface area contributed by atoms with Gasteiger partial charge < -0.3 is 24.8 Å². The number of rotatable bonds is 13. The monoisotopic (exact) mass is 757 g/mol. The van der Waals surface area contributed by atoms with Crippen molar-refractivity contribution in [3.05, 3.63) is 85.2 Å². The van der Waals surface area contributed by atoms with E-state index in [-0.39, 0.29) is 40.3 Å². The second kappa shape index (κ2) is 16.7.